The summed E-state index contributed by atoms with van der Waals surface area (Å²) in [6.45, 7) is 6.02. The minimum atomic E-state index is -0.866. The van der Waals surface area contributed by atoms with Crippen LogP contribution in [0.5, 0.6) is 0 Å². The van der Waals surface area contributed by atoms with E-state index in [2.05, 4.69) is 11.7 Å². The second-order valence-electron chi connectivity index (χ2n) is 5.01. The third-order valence-electron chi connectivity index (χ3n) is 4.07. The van der Waals surface area contributed by atoms with Gasteiger partial charge < -0.3 is 4.74 Å². The molecule has 1 unspecified atom stereocenters. The molecule has 0 aromatic carbocycles. The van der Waals surface area contributed by atoms with E-state index in [0.29, 0.717) is 12.8 Å². The van der Waals surface area contributed by atoms with Gasteiger partial charge >= 0.3 is 11.9 Å². The van der Waals surface area contributed by atoms with Crippen molar-refractivity contribution in [2.24, 2.45) is 11.3 Å². The molecule has 1 atom stereocenters. The van der Waals surface area contributed by atoms with Crippen LogP contribution in [0, 0.1) is 11.3 Å². The molecule has 0 aromatic rings. The quantitative estimate of drug-likeness (QED) is 0.517. The molecule has 1 aliphatic rings. The highest BCUT2D eigenvalue weighted by Gasteiger charge is 2.46. The summed E-state index contributed by atoms with van der Waals surface area (Å²) in [4.78, 5) is 35.1. The van der Waals surface area contributed by atoms with Crippen LogP contribution in [-0.2, 0) is 19.1 Å². The average molecular weight is 254 g/mol. The van der Waals surface area contributed by atoms with Crippen molar-refractivity contribution in [2.75, 3.05) is 0 Å². The molecule has 102 valence electrons. The van der Waals surface area contributed by atoms with Gasteiger partial charge in [0.2, 0.25) is 0 Å². The van der Waals surface area contributed by atoms with Gasteiger partial charge in [-0.25, -0.2) is 0 Å². The lowest BCUT2D eigenvalue weighted by Crippen LogP contribution is -2.37. The maximum atomic E-state index is 12.5. The Kier molecular flexibility index (Phi) is 5.05. The van der Waals surface area contributed by atoms with Crippen molar-refractivity contribution in [1.29, 1.82) is 0 Å². The number of ether oxygens (including phenoxy) is 1. The van der Waals surface area contributed by atoms with Gasteiger partial charge in [0.1, 0.15) is 5.92 Å². The first-order valence-corrected chi connectivity index (χ1v) is 6.79. The number of Topliss-reactive ketones (excluding diaryl/α,β-unsaturated/α-hetero) is 1. The first kappa shape index (κ1) is 14.9. The first-order valence-electron chi connectivity index (χ1n) is 6.79. The van der Waals surface area contributed by atoms with Gasteiger partial charge in [-0.2, -0.15) is 0 Å². The van der Waals surface area contributed by atoms with Crippen LogP contribution in [0.3, 0.4) is 0 Å². The molecule has 1 heterocycles. The molecule has 0 radical (unpaired) electrons. The number of unbranched alkanes of at least 4 members (excludes halogenated alkanes) is 1. The van der Waals surface area contributed by atoms with Gasteiger partial charge in [-0.1, -0.05) is 33.6 Å². The Hall–Kier alpha value is -1.19. The fourth-order valence-electron chi connectivity index (χ4n) is 2.63. The van der Waals surface area contributed by atoms with Crippen molar-refractivity contribution in [1.82, 2.24) is 0 Å². The Morgan fingerprint density at radius 2 is 1.89 bits per heavy atom. The monoisotopic (exact) mass is 254 g/mol. The van der Waals surface area contributed by atoms with E-state index in [0.717, 1.165) is 19.3 Å². The van der Waals surface area contributed by atoms with Crippen LogP contribution in [0.15, 0.2) is 0 Å². The zero-order valence-corrected chi connectivity index (χ0v) is 11.5. The van der Waals surface area contributed by atoms with Crippen LogP contribution in [0.1, 0.15) is 59.3 Å². The molecule has 1 rings (SSSR count). The number of hydrogen-bond acceptors (Lipinski definition) is 4. The predicted molar refractivity (Wildman–Crippen MR) is 66.8 cm³/mol. The van der Waals surface area contributed by atoms with Gasteiger partial charge in [0.05, 0.1) is 6.42 Å². The molecule has 1 fully saturated rings. The van der Waals surface area contributed by atoms with Crippen molar-refractivity contribution in [3.05, 3.63) is 0 Å². The zero-order valence-electron chi connectivity index (χ0n) is 11.5. The molecule has 0 spiro atoms. The molecule has 0 aliphatic carbocycles. The fraction of sp³-hybridized carbons (Fsp3) is 0.786. The number of carbonyl (C=O) groups is 3. The Morgan fingerprint density at radius 3 is 2.28 bits per heavy atom. The van der Waals surface area contributed by atoms with Crippen LogP contribution < -0.4 is 0 Å². The summed E-state index contributed by atoms with van der Waals surface area (Å²) >= 11 is 0. The molecule has 0 amide bonds. The smallest absolute Gasteiger partial charge is 0.324 e. The summed E-state index contributed by atoms with van der Waals surface area (Å²) in [5.74, 6) is -2.20. The minimum absolute atomic E-state index is 0.0778. The number of esters is 2. The summed E-state index contributed by atoms with van der Waals surface area (Å²) in [7, 11) is 0. The van der Waals surface area contributed by atoms with Crippen molar-refractivity contribution in [3.63, 3.8) is 0 Å². The largest absolute Gasteiger partial charge is 0.393 e. The summed E-state index contributed by atoms with van der Waals surface area (Å²) in [5, 5.41) is 0. The highest BCUT2D eigenvalue weighted by molar-refractivity contribution is 6.10. The summed E-state index contributed by atoms with van der Waals surface area (Å²) in [5.41, 5.74) is -0.468. The first-order chi connectivity index (χ1) is 8.50. The van der Waals surface area contributed by atoms with E-state index in [1.807, 2.05) is 13.8 Å². The maximum absolute atomic E-state index is 12.5. The summed E-state index contributed by atoms with van der Waals surface area (Å²) in [6, 6.07) is 0. The molecule has 1 aliphatic heterocycles. The molecular formula is C14H22O4. The normalized spacial score (nSPS) is 20.1. The number of cyclic esters (lactones) is 2. The van der Waals surface area contributed by atoms with Crippen molar-refractivity contribution < 1.29 is 19.1 Å². The lowest BCUT2D eigenvalue weighted by atomic mass is 9.70. The third-order valence-corrected chi connectivity index (χ3v) is 4.07. The molecule has 0 saturated carbocycles. The Bertz CT molecular complexity index is 342. The van der Waals surface area contributed by atoms with Crippen LogP contribution >= 0.6 is 0 Å². The van der Waals surface area contributed by atoms with Gasteiger partial charge in [0.25, 0.3) is 0 Å². The highest BCUT2D eigenvalue weighted by Crippen LogP contribution is 2.38. The van der Waals surface area contributed by atoms with Crippen LogP contribution in [0.4, 0.5) is 0 Å². The highest BCUT2D eigenvalue weighted by atomic mass is 16.6. The number of hydrogen-bond donors (Lipinski definition) is 0. The van der Waals surface area contributed by atoms with Crippen LogP contribution in [0.25, 0.3) is 0 Å². The van der Waals surface area contributed by atoms with E-state index in [4.69, 9.17) is 0 Å². The Morgan fingerprint density at radius 1 is 1.28 bits per heavy atom. The molecule has 1 saturated heterocycles. The second kappa shape index (κ2) is 6.12. The number of ketones is 1. The molecule has 18 heavy (non-hydrogen) atoms. The van der Waals surface area contributed by atoms with E-state index < -0.39 is 23.3 Å². The number of carbonyl (C=O) groups excluding carboxylic acids is 3. The lowest BCUT2D eigenvalue weighted by molar-refractivity contribution is -0.154. The zero-order chi connectivity index (χ0) is 13.8. The Labute approximate surface area is 108 Å². The third kappa shape index (κ3) is 2.79. The summed E-state index contributed by atoms with van der Waals surface area (Å²) < 4.78 is 4.48. The lowest BCUT2D eigenvalue weighted by Gasteiger charge is -2.31. The Balaban J connectivity index is 2.88. The topological polar surface area (TPSA) is 60.4 Å². The minimum Gasteiger partial charge on any atom is -0.393 e. The summed E-state index contributed by atoms with van der Waals surface area (Å²) in [6.07, 6.45) is 4.10. The molecular weight excluding hydrogens is 232 g/mol. The molecule has 4 nitrogen and oxygen atoms in total. The second-order valence-corrected chi connectivity index (χ2v) is 5.01. The van der Waals surface area contributed by atoms with Gasteiger partial charge in [-0.05, 0) is 19.3 Å². The fourth-order valence-corrected chi connectivity index (χ4v) is 2.63. The van der Waals surface area contributed by atoms with E-state index in [-0.39, 0.29) is 12.2 Å². The molecule has 4 heteroatoms. The molecule has 0 aromatic heterocycles. The number of rotatable bonds is 7. The van der Waals surface area contributed by atoms with Gasteiger partial charge in [0, 0.05) is 5.41 Å². The average Bonchev–Trinajstić information content (AvgIpc) is 2.70. The van der Waals surface area contributed by atoms with Crippen LogP contribution in [0.2, 0.25) is 0 Å². The predicted octanol–water partition coefficient (Wildman–Crippen LogP) is 2.64. The standard InChI is InChI=1S/C14H22O4/c1-4-7-8-14(5-2,6-3)12(16)10-9-11(15)18-13(10)17/h10H,4-9H2,1-3H3. The van der Waals surface area contributed by atoms with E-state index in [1.165, 1.54) is 0 Å². The maximum Gasteiger partial charge on any atom is 0.324 e. The van der Waals surface area contributed by atoms with Crippen molar-refractivity contribution in [3.8, 4) is 0 Å². The van der Waals surface area contributed by atoms with E-state index in [1.54, 1.807) is 0 Å². The van der Waals surface area contributed by atoms with Gasteiger partial charge in [-0.15, -0.1) is 0 Å². The van der Waals surface area contributed by atoms with Gasteiger partial charge in [-0.3, -0.25) is 14.4 Å². The van der Waals surface area contributed by atoms with Gasteiger partial charge in [0.15, 0.2) is 5.78 Å². The van der Waals surface area contributed by atoms with Crippen molar-refractivity contribution in [2.45, 2.75) is 59.3 Å². The van der Waals surface area contributed by atoms with Crippen LogP contribution in [-0.4, -0.2) is 17.7 Å². The van der Waals surface area contributed by atoms with E-state index in [9.17, 15) is 14.4 Å². The molecule has 0 N–H and O–H groups in total. The van der Waals surface area contributed by atoms with E-state index >= 15 is 0 Å². The SMILES string of the molecule is CCCCC(CC)(CC)C(=O)C1CC(=O)OC1=O. The van der Waals surface area contributed by atoms with Crippen molar-refractivity contribution >= 4 is 17.7 Å². The molecule has 0 bridgehead atoms.